The molecule has 5 rings (SSSR count). The van der Waals surface area contributed by atoms with E-state index >= 15 is 0 Å². The van der Waals surface area contributed by atoms with Gasteiger partial charge in [0.25, 0.3) is 0 Å². The van der Waals surface area contributed by atoms with E-state index in [1.165, 1.54) is 48.7 Å². The molecule has 19 nitrogen and oxygen atoms in total. The molecule has 0 bridgehead atoms. The van der Waals surface area contributed by atoms with Crippen LogP contribution in [0.5, 0.6) is 23.0 Å². The molecule has 5 aromatic carbocycles. The Bertz CT molecular complexity index is 2770. The Morgan fingerprint density at radius 3 is 1.49 bits per heavy atom. The summed E-state index contributed by atoms with van der Waals surface area (Å²) < 4.78 is 50.9. The zero-order valence-electron chi connectivity index (χ0n) is 38.4. The Hall–Kier alpha value is -8.97. The molecular formula is C52H48O19. The van der Waals surface area contributed by atoms with E-state index in [9.17, 15) is 43.2 Å². The minimum Gasteiger partial charge on any atom is -0.499 e. The van der Waals surface area contributed by atoms with Crippen molar-refractivity contribution >= 4 is 75.6 Å². The number of ether oxygens (including phenoxy) is 10. The van der Waals surface area contributed by atoms with Gasteiger partial charge in [0.15, 0.2) is 0 Å². The van der Waals surface area contributed by atoms with Gasteiger partial charge in [0, 0.05) is 25.7 Å². The first-order valence-electron chi connectivity index (χ1n) is 21.4. The van der Waals surface area contributed by atoms with Crippen LogP contribution in [0.15, 0.2) is 129 Å². The van der Waals surface area contributed by atoms with Gasteiger partial charge in [0.1, 0.15) is 67.9 Å². The molecule has 0 N–H and O–H groups in total. The predicted molar refractivity (Wildman–Crippen MR) is 252 cm³/mol. The molecule has 0 atom stereocenters. The number of carbonyl (C=O) groups excluding carboxylic acids is 9. The number of rotatable bonds is 25. The lowest BCUT2D eigenvalue weighted by Crippen LogP contribution is -2.16. The molecule has 0 radical (unpaired) electrons. The van der Waals surface area contributed by atoms with Crippen molar-refractivity contribution in [3.63, 3.8) is 0 Å². The number of carbonyl (C=O) groups is 9. The third-order valence-electron chi connectivity index (χ3n) is 9.15. The van der Waals surface area contributed by atoms with Crippen LogP contribution in [0, 0.1) is 0 Å². The fourth-order valence-corrected chi connectivity index (χ4v) is 5.78. The fourth-order valence-electron chi connectivity index (χ4n) is 5.78. The van der Waals surface area contributed by atoms with E-state index in [1.807, 2.05) is 0 Å². The molecule has 0 spiro atoms. The number of fused-ring (bicyclic) bond motifs is 2. The number of hydrogen-bond acceptors (Lipinski definition) is 19. The van der Waals surface area contributed by atoms with Gasteiger partial charge in [0.05, 0.1) is 43.3 Å². The molecule has 71 heavy (non-hydrogen) atoms. The molecule has 19 heteroatoms. The van der Waals surface area contributed by atoms with Crippen LogP contribution in [0.1, 0.15) is 56.8 Å². The van der Waals surface area contributed by atoms with Crippen molar-refractivity contribution in [2.45, 2.75) is 25.7 Å². The largest absolute Gasteiger partial charge is 0.499 e. The number of hydrogen-bond donors (Lipinski definition) is 0. The Morgan fingerprint density at radius 2 is 0.944 bits per heavy atom. The van der Waals surface area contributed by atoms with Crippen LogP contribution in [0.4, 0.5) is 0 Å². The van der Waals surface area contributed by atoms with Crippen LogP contribution in [0.25, 0.3) is 21.5 Å². The summed E-state index contributed by atoms with van der Waals surface area (Å²) in [6.07, 6.45) is 3.34. The normalized spacial score (nSPS) is 10.2. The second kappa shape index (κ2) is 29.0. The highest BCUT2D eigenvalue weighted by atomic mass is 16.6. The molecule has 370 valence electrons. The van der Waals surface area contributed by atoms with E-state index in [-0.39, 0.29) is 91.8 Å². The molecule has 0 fully saturated rings. The smallest absolute Gasteiger partial charge is 0.343 e. The quantitative estimate of drug-likeness (QED) is 0.0109. The van der Waals surface area contributed by atoms with Crippen molar-refractivity contribution in [2.24, 2.45) is 0 Å². The van der Waals surface area contributed by atoms with Gasteiger partial charge in [-0.05, 0) is 88.3 Å². The lowest BCUT2D eigenvalue weighted by atomic mass is 10.1. The van der Waals surface area contributed by atoms with Gasteiger partial charge in [-0.3, -0.25) is 14.4 Å². The molecule has 0 aliphatic carbocycles. The Labute approximate surface area is 406 Å². The van der Waals surface area contributed by atoms with Crippen molar-refractivity contribution in [3.05, 3.63) is 146 Å². The zero-order valence-corrected chi connectivity index (χ0v) is 38.4. The number of methoxy groups -OCH3 is 1. The van der Waals surface area contributed by atoms with Crippen LogP contribution in [0.2, 0.25) is 0 Å². The van der Waals surface area contributed by atoms with E-state index < -0.39 is 47.8 Å². The minimum absolute atomic E-state index is 0.0355. The third kappa shape index (κ3) is 18.6. The molecule has 0 amide bonds. The van der Waals surface area contributed by atoms with Gasteiger partial charge in [-0.2, -0.15) is 0 Å². The lowest BCUT2D eigenvalue weighted by molar-refractivity contribution is -0.151. The molecular weight excluding hydrogens is 929 g/mol. The fraction of sp³-hybridized carbons (Fsp3) is 0.212. The predicted octanol–water partition coefficient (Wildman–Crippen LogP) is 6.95. The molecule has 0 unspecified atom stereocenters. The summed E-state index contributed by atoms with van der Waals surface area (Å²) in [7, 11) is 1.63. The van der Waals surface area contributed by atoms with Crippen LogP contribution >= 0.6 is 0 Å². The standard InChI is InChI=1S/C47H38O17.C5H10O2/c1-3-40(49)57-20-21-59-42(51)17-18-44(53)62-36-14-12-30-25-34(10-8-32(30)27-36)46(55)64-39-16-15-37(28-38(39)47(56)60-23-22-58-41(50)4-2)63-45(54)33-9-7-31-26-35(13-11-29(31)24-33)61-43(52)6-5-19-48;1-3-7-5-4-6-2/h3-4,7-16,19,24-28H,1-2,5-6,17-18,20-23H2;3H,1,4-5H2,2H3. The van der Waals surface area contributed by atoms with Crippen LogP contribution < -0.4 is 18.9 Å². The van der Waals surface area contributed by atoms with E-state index in [0.29, 0.717) is 41.0 Å². The maximum atomic E-state index is 13.4. The molecule has 0 aliphatic rings. The third-order valence-corrected chi connectivity index (χ3v) is 9.15. The van der Waals surface area contributed by atoms with Crippen molar-refractivity contribution in [2.75, 3.05) is 46.8 Å². The minimum atomic E-state index is -1.01. The molecule has 5 aromatic rings. The Balaban J connectivity index is 0.00000145. The van der Waals surface area contributed by atoms with E-state index in [0.717, 1.165) is 18.2 Å². The summed E-state index contributed by atoms with van der Waals surface area (Å²) in [5.74, 6) is -6.00. The highest BCUT2D eigenvalue weighted by Gasteiger charge is 2.22. The molecule has 0 heterocycles. The summed E-state index contributed by atoms with van der Waals surface area (Å²) in [6, 6.07) is 22.2. The molecule has 0 aromatic heterocycles. The first-order valence-corrected chi connectivity index (χ1v) is 21.4. The monoisotopic (exact) mass is 976 g/mol. The van der Waals surface area contributed by atoms with Gasteiger partial charge in [-0.15, -0.1) is 0 Å². The first-order chi connectivity index (χ1) is 34.3. The van der Waals surface area contributed by atoms with Crippen LogP contribution in [-0.4, -0.2) is 101 Å². The van der Waals surface area contributed by atoms with Crippen molar-refractivity contribution in [1.29, 1.82) is 0 Å². The van der Waals surface area contributed by atoms with Crippen molar-refractivity contribution < 1.29 is 90.5 Å². The summed E-state index contributed by atoms with van der Waals surface area (Å²) in [4.78, 5) is 109. The van der Waals surface area contributed by atoms with E-state index in [2.05, 4.69) is 24.5 Å². The van der Waals surface area contributed by atoms with Crippen LogP contribution in [0.3, 0.4) is 0 Å². The molecule has 0 aliphatic heterocycles. The Morgan fingerprint density at radius 1 is 0.465 bits per heavy atom. The van der Waals surface area contributed by atoms with Gasteiger partial charge in [0.2, 0.25) is 0 Å². The Kier molecular flexibility index (Phi) is 22.3. The van der Waals surface area contributed by atoms with Gasteiger partial charge < -0.3 is 52.2 Å². The lowest BCUT2D eigenvalue weighted by Gasteiger charge is -2.13. The number of esters is 8. The summed E-state index contributed by atoms with van der Waals surface area (Å²) in [6.45, 7) is 10.1. The highest BCUT2D eigenvalue weighted by Crippen LogP contribution is 2.29. The number of aldehydes is 1. The molecule has 0 saturated carbocycles. The topological polar surface area (TPSA) is 246 Å². The number of benzene rings is 5. The van der Waals surface area contributed by atoms with E-state index in [1.54, 1.807) is 49.6 Å². The SMILES string of the molecule is C=CC(=O)OCCOC(=O)CCC(=O)Oc1ccc2cc(C(=O)Oc3ccc(OC(=O)c4ccc5cc(OC(=O)CCC=O)ccc5c4)cc3C(=O)OCCOC(=O)C=C)ccc2c1.C=COCCOC. The molecule has 0 saturated heterocycles. The summed E-state index contributed by atoms with van der Waals surface area (Å²) >= 11 is 0. The van der Waals surface area contributed by atoms with Crippen LogP contribution in [-0.2, 0) is 57.2 Å². The van der Waals surface area contributed by atoms with Crippen molar-refractivity contribution in [3.8, 4) is 23.0 Å². The van der Waals surface area contributed by atoms with Gasteiger partial charge in [-0.25, -0.2) is 24.0 Å². The summed E-state index contributed by atoms with van der Waals surface area (Å²) in [5.41, 5.74) is -0.105. The second-order valence-electron chi connectivity index (χ2n) is 14.2. The summed E-state index contributed by atoms with van der Waals surface area (Å²) in [5, 5.41) is 2.38. The van der Waals surface area contributed by atoms with Crippen molar-refractivity contribution in [1.82, 2.24) is 0 Å². The van der Waals surface area contributed by atoms with Gasteiger partial charge in [-0.1, -0.05) is 44.0 Å². The first kappa shape index (κ1) is 54.6. The zero-order chi connectivity index (χ0) is 51.5. The average molecular weight is 977 g/mol. The van der Waals surface area contributed by atoms with Gasteiger partial charge >= 0.3 is 47.8 Å². The average Bonchev–Trinajstić information content (AvgIpc) is 3.37. The maximum absolute atomic E-state index is 13.4. The van der Waals surface area contributed by atoms with E-state index in [4.69, 9.17) is 42.6 Å². The maximum Gasteiger partial charge on any atom is 0.343 e. The second-order valence-corrected chi connectivity index (χ2v) is 14.2. The highest BCUT2D eigenvalue weighted by molar-refractivity contribution is 6.00.